The first-order valence-corrected chi connectivity index (χ1v) is 7.36. The van der Waals surface area contributed by atoms with Crippen LogP contribution in [0.3, 0.4) is 0 Å². The molecule has 0 radical (unpaired) electrons. The maximum Gasteiger partial charge on any atom is 0.165 e. The summed E-state index contributed by atoms with van der Waals surface area (Å²) in [4.78, 5) is 0. The molecule has 0 aromatic heterocycles. The van der Waals surface area contributed by atoms with Crippen molar-refractivity contribution in [2.24, 2.45) is 5.92 Å². The zero-order valence-electron chi connectivity index (χ0n) is 12.3. The smallest absolute Gasteiger partial charge is 0.165 e. The largest absolute Gasteiger partial charge is 0.488 e. The lowest BCUT2D eigenvalue weighted by Gasteiger charge is -2.33. The van der Waals surface area contributed by atoms with Crippen LogP contribution >= 0.6 is 0 Å². The van der Waals surface area contributed by atoms with Gasteiger partial charge >= 0.3 is 0 Å². The van der Waals surface area contributed by atoms with Crippen molar-refractivity contribution >= 4 is 0 Å². The third kappa shape index (κ3) is 3.49. The van der Waals surface area contributed by atoms with Crippen molar-refractivity contribution in [2.75, 3.05) is 19.8 Å². The van der Waals surface area contributed by atoms with Crippen molar-refractivity contribution in [3.63, 3.8) is 0 Å². The van der Waals surface area contributed by atoms with Crippen LogP contribution in [0, 0.1) is 18.7 Å². The molecule has 1 aliphatic carbocycles. The van der Waals surface area contributed by atoms with E-state index in [1.54, 1.807) is 12.1 Å². The predicted molar refractivity (Wildman–Crippen MR) is 77.5 cm³/mol. The fraction of sp³-hybridized carbons (Fsp3) is 0.625. The molecule has 0 saturated heterocycles. The van der Waals surface area contributed by atoms with Crippen molar-refractivity contribution in [3.8, 4) is 5.75 Å². The van der Waals surface area contributed by atoms with Crippen LogP contribution in [0.4, 0.5) is 4.39 Å². The molecule has 1 atom stereocenters. The molecule has 2 rings (SSSR count). The Bertz CT molecular complexity index is 448. The van der Waals surface area contributed by atoms with Crippen LogP contribution in [0.1, 0.15) is 31.7 Å². The van der Waals surface area contributed by atoms with Gasteiger partial charge < -0.3 is 15.2 Å². The summed E-state index contributed by atoms with van der Waals surface area (Å²) < 4.78 is 19.4. The van der Waals surface area contributed by atoms with Crippen molar-refractivity contribution in [1.29, 1.82) is 0 Å². The zero-order valence-corrected chi connectivity index (χ0v) is 12.3. The van der Waals surface area contributed by atoms with E-state index < -0.39 is 5.54 Å². The van der Waals surface area contributed by atoms with Crippen molar-refractivity contribution < 1.29 is 14.2 Å². The molecule has 1 aromatic carbocycles. The molecule has 0 bridgehead atoms. The molecule has 1 saturated carbocycles. The zero-order chi connectivity index (χ0) is 14.6. The molecule has 4 heteroatoms. The van der Waals surface area contributed by atoms with E-state index in [1.165, 1.54) is 6.07 Å². The summed E-state index contributed by atoms with van der Waals surface area (Å²) in [6.07, 6.45) is 3.18. The Morgan fingerprint density at radius 3 is 2.80 bits per heavy atom. The Balaban J connectivity index is 2.06. The van der Waals surface area contributed by atoms with Gasteiger partial charge in [0.1, 0.15) is 6.61 Å². The van der Waals surface area contributed by atoms with Crippen LogP contribution in [-0.2, 0) is 0 Å². The lowest BCUT2D eigenvalue weighted by atomic mass is 9.95. The molecular formula is C16H24FNO2. The Morgan fingerprint density at radius 1 is 1.45 bits per heavy atom. The summed E-state index contributed by atoms with van der Waals surface area (Å²) in [6, 6.07) is 4.84. The van der Waals surface area contributed by atoms with Gasteiger partial charge in [-0.3, -0.25) is 0 Å². The molecule has 3 nitrogen and oxygen atoms in total. The van der Waals surface area contributed by atoms with Crippen LogP contribution in [0.15, 0.2) is 18.2 Å². The van der Waals surface area contributed by atoms with E-state index >= 15 is 0 Å². The third-order valence-corrected chi connectivity index (χ3v) is 3.94. The van der Waals surface area contributed by atoms with Crippen LogP contribution < -0.4 is 10.1 Å². The minimum atomic E-state index is -0.438. The number of aryl methyl sites for hydroxylation is 1. The van der Waals surface area contributed by atoms with Gasteiger partial charge in [-0.25, -0.2) is 4.39 Å². The molecule has 1 fully saturated rings. The molecule has 20 heavy (non-hydrogen) atoms. The molecule has 0 amide bonds. The third-order valence-electron chi connectivity index (χ3n) is 3.94. The second-order valence-corrected chi connectivity index (χ2v) is 5.74. The van der Waals surface area contributed by atoms with Gasteiger partial charge in [-0.1, -0.05) is 13.0 Å². The lowest BCUT2D eigenvalue weighted by Crippen LogP contribution is -2.55. The highest BCUT2D eigenvalue weighted by molar-refractivity contribution is 5.29. The second kappa shape index (κ2) is 6.55. The van der Waals surface area contributed by atoms with E-state index in [4.69, 9.17) is 4.74 Å². The maximum atomic E-state index is 13.7. The number of ether oxygens (including phenoxy) is 1. The number of benzene rings is 1. The second-order valence-electron chi connectivity index (χ2n) is 5.74. The Hall–Kier alpha value is -1.13. The summed E-state index contributed by atoms with van der Waals surface area (Å²) in [5, 5.41) is 13.2. The first kappa shape index (κ1) is 15.3. The van der Waals surface area contributed by atoms with Crippen LogP contribution in [-0.4, -0.2) is 30.4 Å². The Kier molecular flexibility index (Phi) is 5.00. The SMILES string of the molecule is CCCNC(CO)(COc1cc(C)ccc1F)C1CC1. The number of hydrogen-bond acceptors (Lipinski definition) is 3. The molecule has 0 aliphatic heterocycles. The molecule has 1 unspecified atom stereocenters. The van der Waals surface area contributed by atoms with E-state index in [0.29, 0.717) is 12.5 Å². The minimum absolute atomic E-state index is 0.0189. The van der Waals surface area contributed by atoms with E-state index in [0.717, 1.165) is 31.4 Å². The Labute approximate surface area is 120 Å². The van der Waals surface area contributed by atoms with Gasteiger partial charge in [-0.05, 0) is 56.3 Å². The van der Waals surface area contributed by atoms with Gasteiger partial charge in [0.05, 0.1) is 12.1 Å². The number of hydrogen-bond donors (Lipinski definition) is 2. The number of aliphatic hydroxyl groups excluding tert-OH is 1. The van der Waals surface area contributed by atoms with E-state index in [-0.39, 0.29) is 18.2 Å². The van der Waals surface area contributed by atoms with Crippen molar-refractivity contribution in [3.05, 3.63) is 29.6 Å². The quantitative estimate of drug-likeness (QED) is 0.769. The van der Waals surface area contributed by atoms with Gasteiger partial charge in [-0.2, -0.15) is 0 Å². The average molecular weight is 281 g/mol. The molecule has 2 N–H and O–H groups in total. The first-order chi connectivity index (χ1) is 9.61. The van der Waals surface area contributed by atoms with Gasteiger partial charge in [0.2, 0.25) is 0 Å². The van der Waals surface area contributed by atoms with Gasteiger partial charge in [0, 0.05) is 0 Å². The van der Waals surface area contributed by atoms with E-state index in [1.807, 2.05) is 6.92 Å². The number of rotatable bonds is 8. The highest BCUT2D eigenvalue weighted by Crippen LogP contribution is 2.40. The minimum Gasteiger partial charge on any atom is -0.488 e. The summed E-state index contributed by atoms with van der Waals surface area (Å²) in [5.41, 5.74) is 0.524. The number of aliphatic hydroxyl groups is 1. The molecule has 112 valence electrons. The predicted octanol–water partition coefficient (Wildman–Crippen LogP) is 2.65. The van der Waals surface area contributed by atoms with E-state index in [9.17, 15) is 9.50 Å². The standard InChI is InChI=1S/C16H24FNO2/c1-3-8-18-16(10-19,13-5-6-13)11-20-15-9-12(2)4-7-14(15)17/h4,7,9,13,18-19H,3,5-6,8,10-11H2,1-2H3. The topological polar surface area (TPSA) is 41.5 Å². The Morgan fingerprint density at radius 2 is 2.20 bits per heavy atom. The lowest BCUT2D eigenvalue weighted by molar-refractivity contribution is 0.0832. The van der Waals surface area contributed by atoms with Crippen molar-refractivity contribution in [1.82, 2.24) is 5.32 Å². The summed E-state index contributed by atoms with van der Waals surface area (Å²) in [7, 11) is 0. The number of halogens is 1. The van der Waals surface area contributed by atoms with Gasteiger partial charge in [0.15, 0.2) is 11.6 Å². The van der Waals surface area contributed by atoms with Crippen LogP contribution in [0.5, 0.6) is 5.75 Å². The summed E-state index contributed by atoms with van der Waals surface area (Å²) >= 11 is 0. The summed E-state index contributed by atoms with van der Waals surface area (Å²) in [5.74, 6) is 0.336. The van der Waals surface area contributed by atoms with Gasteiger partial charge in [-0.15, -0.1) is 0 Å². The highest BCUT2D eigenvalue weighted by Gasteiger charge is 2.45. The molecule has 0 spiro atoms. The first-order valence-electron chi connectivity index (χ1n) is 7.36. The molecule has 1 aliphatic rings. The fourth-order valence-corrected chi connectivity index (χ4v) is 2.48. The average Bonchev–Trinajstić information content (AvgIpc) is 3.28. The highest BCUT2D eigenvalue weighted by atomic mass is 19.1. The monoisotopic (exact) mass is 281 g/mol. The molecule has 1 aromatic rings. The van der Waals surface area contributed by atoms with E-state index in [2.05, 4.69) is 12.2 Å². The molecular weight excluding hydrogens is 257 g/mol. The van der Waals surface area contributed by atoms with Crippen molar-refractivity contribution in [2.45, 2.75) is 38.6 Å². The van der Waals surface area contributed by atoms with Crippen LogP contribution in [0.2, 0.25) is 0 Å². The molecule has 0 heterocycles. The van der Waals surface area contributed by atoms with Gasteiger partial charge in [0.25, 0.3) is 0 Å². The van der Waals surface area contributed by atoms with Crippen LogP contribution in [0.25, 0.3) is 0 Å². The maximum absolute atomic E-state index is 13.7. The fourth-order valence-electron chi connectivity index (χ4n) is 2.48. The summed E-state index contributed by atoms with van der Waals surface area (Å²) in [6.45, 7) is 5.14. The normalized spacial score (nSPS) is 17.8. The number of nitrogens with one attached hydrogen (secondary N) is 1.